The molecule has 0 spiro atoms. The number of benzene rings is 1. The fraction of sp³-hybridized carbons (Fsp3) is 0.474. The fourth-order valence-corrected chi connectivity index (χ4v) is 3.22. The molecule has 0 saturated carbocycles. The van der Waals surface area contributed by atoms with Crippen molar-refractivity contribution < 1.29 is 14.3 Å². The van der Waals surface area contributed by atoms with Gasteiger partial charge in [-0.15, -0.1) is 0 Å². The van der Waals surface area contributed by atoms with Crippen LogP contribution in [0.2, 0.25) is 0 Å². The third kappa shape index (κ3) is 4.35. The van der Waals surface area contributed by atoms with Crippen molar-refractivity contribution in [2.24, 2.45) is 0 Å². The van der Waals surface area contributed by atoms with Crippen molar-refractivity contribution in [3.05, 3.63) is 41.5 Å². The van der Waals surface area contributed by atoms with Gasteiger partial charge in [0.25, 0.3) is 0 Å². The molecule has 7 heteroatoms. The lowest BCUT2D eigenvalue weighted by Gasteiger charge is -2.29. The molecule has 0 radical (unpaired) electrons. The van der Waals surface area contributed by atoms with Crippen molar-refractivity contribution >= 4 is 5.91 Å². The van der Waals surface area contributed by atoms with E-state index in [1.807, 2.05) is 17.0 Å². The average molecular weight is 358 g/mol. The zero-order valence-corrected chi connectivity index (χ0v) is 15.4. The first-order valence-corrected chi connectivity index (χ1v) is 8.91. The SMILES string of the molecule is COc1cc2c(cc1OC)CN(C(=O)CCCNCc1ncc[nH]1)CC2. The summed E-state index contributed by atoms with van der Waals surface area (Å²) in [5.74, 6) is 2.56. The Kier molecular flexibility index (Phi) is 6.12. The van der Waals surface area contributed by atoms with Crippen LogP contribution in [0.15, 0.2) is 24.5 Å². The zero-order valence-electron chi connectivity index (χ0n) is 15.4. The molecule has 7 nitrogen and oxygen atoms in total. The van der Waals surface area contributed by atoms with Gasteiger partial charge >= 0.3 is 0 Å². The second kappa shape index (κ2) is 8.71. The van der Waals surface area contributed by atoms with Crippen molar-refractivity contribution in [2.75, 3.05) is 27.3 Å². The summed E-state index contributed by atoms with van der Waals surface area (Å²) in [5.41, 5.74) is 2.37. The van der Waals surface area contributed by atoms with Gasteiger partial charge in [-0.2, -0.15) is 0 Å². The summed E-state index contributed by atoms with van der Waals surface area (Å²) >= 11 is 0. The average Bonchev–Trinajstić information content (AvgIpc) is 3.19. The summed E-state index contributed by atoms with van der Waals surface area (Å²) in [6, 6.07) is 4.01. The van der Waals surface area contributed by atoms with Crippen LogP contribution >= 0.6 is 0 Å². The number of fused-ring (bicyclic) bond motifs is 1. The minimum absolute atomic E-state index is 0.199. The number of ether oxygens (including phenoxy) is 2. The molecular formula is C19H26N4O3. The highest BCUT2D eigenvalue weighted by molar-refractivity contribution is 5.76. The van der Waals surface area contributed by atoms with E-state index < -0.39 is 0 Å². The van der Waals surface area contributed by atoms with Gasteiger partial charge in [-0.05, 0) is 42.6 Å². The summed E-state index contributed by atoms with van der Waals surface area (Å²) in [6.07, 6.45) is 5.75. The number of aromatic nitrogens is 2. The third-order valence-corrected chi connectivity index (χ3v) is 4.66. The van der Waals surface area contributed by atoms with Crippen LogP contribution in [0.25, 0.3) is 0 Å². The molecule has 2 aromatic rings. The highest BCUT2D eigenvalue weighted by Gasteiger charge is 2.22. The highest BCUT2D eigenvalue weighted by atomic mass is 16.5. The Labute approximate surface area is 153 Å². The van der Waals surface area contributed by atoms with E-state index in [4.69, 9.17) is 9.47 Å². The van der Waals surface area contributed by atoms with Crippen LogP contribution in [-0.2, 0) is 24.3 Å². The predicted octanol–water partition coefficient (Wildman–Crippen LogP) is 1.88. The Morgan fingerprint density at radius 1 is 1.27 bits per heavy atom. The Morgan fingerprint density at radius 2 is 2.04 bits per heavy atom. The van der Waals surface area contributed by atoms with Crippen LogP contribution in [0.5, 0.6) is 11.5 Å². The van der Waals surface area contributed by atoms with Crippen molar-refractivity contribution in [2.45, 2.75) is 32.4 Å². The summed E-state index contributed by atoms with van der Waals surface area (Å²) in [4.78, 5) is 21.6. The van der Waals surface area contributed by atoms with Gasteiger partial charge in [0, 0.05) is 31.9 Å². The molecule has 0 fully saturated rings. The number of carbonyl (C=O) groups is 1. The lowest BCUT2D eigenvalue weighted by Crippen LogP contribution is -2.36. The standard InChI is InChI=1S/C19H26N4O3/c1-25-16-10-14-5-9-23(13-15(14)11-17(16)26-2)19(24)4-3-6-20-12-18-21-7-8-22-18/h7-8,10-11,20H,3-6,9,12-13H2,1-2H3,(H,21,22). The lowest BCUT2D eigenvalue weighted by atomic mass is 9.98. The number of methoxy groups -OCH3 is 2. The molecule has 2 N–H and O–H groups in total. The van der Waals surface area contributed by atoms with Crippen LogP contribution < -0.4 is 14.8 Å². The third-order valence-electron chi connectivity index (χ3n) is 4.66. The molecule has 1 aliphatic rings. The topological polar surface area (TPSA) is 79.5 Å². The molecule has 3 rings (SSSR count). The summed E-state index contributed by atoms with van der Waals surface area (Å²) in [6.45, 7) is 2.87. The molecule has 0 unspecified atom stereocenters. The quantitative estimate of drug-likeness (QED) is 0.705. The Balaban J connectivity index is 1.47. The van der Waals surface area contributed by atoms with Crippen LogP contribution in [0.1, 0.15) is 29.8 Å². The number of nitrogens with zero attached hydrogens (tertiary/aromatic N) is 2. The molecule has 0 saturated heterocycles. The lowest BCUT2D eigenvalue weighted by molar-refractivity contribution is -0.132. The number of nitrogens with one attached hydrogen (secondary N) is 2. The van der Waals surface area contributed by atoms with Gasteiger partial charge < -0.3 is 24.7 Å². The van der Waals surface area contributed by atoms with Crippen molar-refractivity contribution in [3.63, 3.8) is 0 Å². The van der Waals surface area contributed by atoms with E-state index in [0.29, 0.717) is 25.3 Å². The van der Waals surface area contributed by atoms with Crippen LogP contribution in [-0.4, -0.2) is 48.1 Å². The van der Waals surface area contributed by atoms with E-state index in [-0.39, 0.29) is 5.91 Å². The number of amides is 1. The van der Waals surface area contributed by atoms with Crippen molar-refractivity contribution in [1.29, 1.82) is 0 Å². The number of rotatable bonds is 8. The Bertz CT molecular complexity index is 731. The van der Waals surface area contributed by atoms with Gasteiger partial charge in [-0.1, -0.05) is 0 Å². The normalized spacial score (nSPS) is 13.4. The molecule has 1 amide bonds. The minimum atomic E-state index is 0.199. The van der Waals surface area contributed by atoms with Crippen LogP contribution in [0, 0.1) is 0 Å². The summed E-state index contributed by atoms with van der Waals surface area (Å²) in [5, 5.41) is 3.29. The van der Waals surface area contributed by atoms with Crippen molar-refractivity contribution in [3.8, 4) is 11.5 Å². The first-order chi connectivity index (χ1) is 12.7. The first kappa shape index (κ1) is 18.3. The maximum Gasteiger partial charge on any atom is 0.222 e. The van der Waals surface area contributed by atoms with E-state index in [1.165, 1.54) is 5.56 Å². The van der Waals surface area contributed by atoms with E-state index >= 15 is 0 Å². The smallest absolute Gasteiger partial charge is 0.222 e. The van der Waals surface area contributed by atoms with Gasteiger partial charge in [-0.3, -0.25) is 4.79 Å². The molecule has 0 aliphatic carbocycles. The number of H-pyrrole nitrogens is 1. The van der Waals surface area contributed by atoms with E-state index in [2.05, 4.69) is 15.3 Å². The van der Waals surface area contributed by atoms with Gasteiger partial charge in [0.05, 0.1) is 20.8 Å². The molecule has 26 heavy (non-hydrogen) atoms. The summed E-state index contributed by atoms with van der Waals surface area (Å²) in [7, 11) is 3.27. The van der Waals surface area contributed by atoms with Crippen LogP contribution in [0.4, 0.5) is 0 Å². The monoisotopic (exact) mass is 358 g/mol. The molecule has 2 heterocycles. The minimum Gasteiger partial charge on any atom is -0.493 e. The van der Waals surface area contributed by atoms with Crippen molar-refractivity contribution in [1.82, 2.24) is 20.2 Å². The number of imidazole rings is 1. The Morgan fingerprint density at radius 3 is 2.73 bits per heavy atom. The fourth-order valence-electron chi connectivity index (χ4n) is 3.22. The van der Waals surface area contributed by atoms with Gasteiger partial charge in [0.2, 0.25) is 5.91 Å². The van der Waals surface area contributed by atoms with Gasteiger partial charge in [-0.25, -0.2) is 4.98 Å². The number of carbonyl (C=O) groups excluding carboxylic acids is 1. The summed E-state index contributed by atoms with van der Waals surface area (Å²) < 4.78 is 10.7. The predicted molar refractivity (Wildman–Crippen MR) is 98.2 cm³/mol. The zero-order chi connectivity index (χ0) is 18.4. The molecule has 1 aliphatic heterocycles. The maximum absolute atomic E-state index is 12.5. The second-order valence-electron chi connectivity index (χ2n) is 6.36. The molecular weight excluding hydrogens is 332 g/mol. The maximum atomic E-state index is 12.5. The van der Waals surface area contributed by atoms with E-state index in [1.54, 1.807) is 26.6 Å². The van der Waals surface area contributed by atoms with Gasteiger partial charge in [0.15, 0.2) is 11.5 Å². The van der Waals surface area contributed by atoms with Crippen LogP contribution in [0.3, 0.4) is 0 Å². The highest BCUT2D eigenvalue weighted by Crippen LogP contribution is 2.33. The molecule has 0 atom stereocenters. The number of hydrogen-bond acceptors (Lipinski definition) is 5. The second-order valence-corrected chi connectivity index (χ2v) is 6.36. The number of hydrogen-bond donors (Lipinski definition) is 2. The molecule has 1 aromatic heterocycles. The number of aromatic amines is 1. The molecule has 140 valence electrons. The molecule has 0 bridgehead atoms. The largest absolute Gasteiger partial charge is 0.493 e. The Hall–Kier alpha value is -2.54. The first-order valence-electron chi connectivity index (χ1n) is 8.91. The van der Waals surface area contributed by atoms with Gasteiger partial charge in [0.1, 0.15) is 5.82 Å². The van der Waals surface area contributed by atoms with E-state index in [0.717, 1.165) is 43.1 Å². The molecule has 1 aromatic carbocycles. The van der Waals surface area contributed by atoms with E-state index in [9.17, 15) is 4.79 Å².